The van der Waals surface area contributed by atoms with Crippen LogP contribution in [0.5, 0.6) is 0 Å². The zero-order valence-corrected chi connectivity index (χ0v) is 9.64. The minimum Gasteiger partial charge on any atom is -0.330 e. The van der Waals surface area contributed by atoms with Crippen molar-refractivity contribution in [3.8, 4) is 0 Å². The maximum atomic E-state index is 11.5. The number of aryl methyl sites for hydroxylation is 1. The normalized spacial score (nSPS) is 12.3. The molecule has 1 aromatic rings. The minimum atomic E-state index is -0.206. The van der Waals surface area contributed by atoms with Crippen LogP contribution in [0.2, 0.25) is 5.02 Å². The van der Waals surface area contributed by atoms with Crippen LogP contribution < -0.4 is 11.1 Å². The van der Waals surface area contributed by atoms with Crippen molar-refractivity contribution in [2.24, 2.45) is 11.7 Å². The molecule has 4 heteroatoms. The largest absolute Gasteiger partial charge is 0.330 e. The molecule has 0 aliphatic heterocycles. The highest BCUT2D eigenvalue weighted by Crippen LogP contribution is 2.23. The number of hydrogen-bond donors (Lipinski definition) is 2. The van der Waals surface area contributed by atoms with Crippen LogP contribution in [0, 0.1) is 12.8 Å². The quantitative estimate of drug-likeness (QED) is 0.830. The minimum absolute atomic E-state index is 0.108. The number of benzene rings is 1. The smallest absolute Gasteiger partial charge is 0.228 e. The fourth-order valence-corrected chi connectivity index (χ4v) is 1.37. The number of amides is 1. The molecule has 1 amide bonds. The predicted molar refractivity (Wildman–Crippen MR) is 63.0 cm³/mol. The second-order valence-corrected chi connectivity index (χ2v) is 4.02. The highest BCUT2D eigenvalue weighted by Gasteiger charge is 2.12. The molecule has 0 aromatic heterocycles. The molecule has 0 spiro atoms. The zero-order chi connectivity index (χ0) is 11.4. The van der Waals surface area contributed by atoms with Gasteiger partial charge in [0.2, 0.25) is 5.91 Å². The van der Waals surface area contributed by atoms with Gasteiger partial charge >= 0.3 is 0 Å². The number of halogens is 1. The molecule has 0 fully saturated rings. The van der Waals surface area contributed by atoms with E-state index in [4.69, 9.17) is 17.3 Å². The molecular formula is C11H15ClN2O. The van der Waals surface area contributed by atoms with E-state index in [0.29, 0.717) is 17.3 Å². The Hall–Kier alpha value is -1.06. The maximum absolute atomic E-state index is 11.5. The third-order valence-corrected chi connectivity index (χ3v) is 2.50. The fourth-order valence-electron chi connectivity index (χ4n) is 1.08. The molecule has 0 bridgehead atoms. The van der Waals surface area contributed by atoms with E-state index in [1.54, 1.807) is 13.0 Å². The van der Waals surface area contributed by atoms with Gasteiger partial charge in [-0.1, -0.05) is 24.6 Å². The van der Waals surface area contributed by atoms with Gasteiger partial charge in [0.1, 0.15) is 0 Å². The molecule has 3 nitrogen and oxygen atoms in total. The lowest BCUT2D eigenvalue weighted by Gasteiger charge is -2.11. The topological polar surface area (TPSA) is 55.1 Å². The summed E-state index contributed by atoms with van der Waals surface area (Å²) in [6.45, 7) is 4.05. The molecule has 0 aliphatic rings. The monoisotopic (exact) mass is 226 g/mol. The van der Waals surface area contributed by atoms with Gasteiger partial charge in [0.15, 0.2) is 0 Å². The number of carbonyl (C=O) groups excluding carboxylic acids is 1. The molecule has 0 saturated heterocycles. The third-order valence-electron chi connectivity index (χ3n) is 2.18. The Morgan fingerprint density at radius 1 is 1.60 bits per heavy atom. The Labute approximate surface area is 94.6 Å². The van der Waals surface area contributed by atoms with Gasteiger partial charge < -0.3 is 11.1 Å². The first-order valence-corrected chi connectivity index (χ1v) is 5.19. The van der Waals surface area contributed by atoms with Crippen molar-refractivity contribution in [3.05, 3.63) is 28.8 Å². The van der Waals surface area contributed by atoms with Gasteiger partial charge in [0.05, 0.1) is 10.7 Å². The summed E-state index contributed by atoms with van der Waals surface area (Å²) in [5.41, 5.74) is 7.09. The van der Waals surface area contributed by atoms with Crippen LogP contribution in [0.15, 0.2) is 18.2 Å². The SMILES string of the molecule is Cc1ccc(NC(=O)C(C)CN)c(Cl)c1. The van der Waals surface area contributed by atoms with Crippen LogP contribution in [0.4, 0.5) is 5.69 Å². The Kier molecular flexibility index (Phi) is 4.12. The molecule has 1 aromatic carbocycles. The molecular weight excluding hydrogens is 212 g/mol. The van der Waals surface area contributed by atoms with Crippen LogP contribution in [-0.4, -0.2) is 12.5 Å². The van der Waals surface area contributed by atoms with E-state index < -0.39 is 0 Å². The first-order valence-electron chi connectivity index (χ1n) is 4.81. The third kappa shape index (κ3) is 3.22. The summed E-state index contributed by atoms with van der Waals surface area (Å²) in [6, 6.07) is 5.50. The Balaban J connectivity index is 2.77. The summed E-state index contributed by atoms with van der Waals surface area (Å²) in [7, 11) is 0. The first kappa shape index (κ1) is 12.0. The first-order chi connectivity index (χ1) is 7.04. The van der Waals surface area contributed by atoms with Crippen LogP contribution in [0.25, 0.3) is 0 Å². The van der Waals surface area contributed by atoms with Crippen LogP contribution in [-0.2, 0) is 4.79 Å². The van der Waals surface area contributed by atoms with Crippen LogP contribution >= 0.6 is 11.6 Å². The van der Waals surface area contributed by atoms with Gasteiger partial charge in [-0.15, -0.1) is 0 Å². The van der Waals surface area contributed by atoms with Gasteiger partial charge in [-0.3, -0.25) is 4.79 Å². The van der Waals surface area contributed by atoms with Gasteiger partial charge in [0.25, 0.3) is 0 Å². The number of nitrogens with one attached hydrogen (secondary N) is 1. The maximum Gasteiger partial charge on any atom is 0.228 e. The summed E-state index contributed by atoms with van der Waals surface area (Å²) >= 11 is 5.98. The van der Waals surface area contributed by atoms with Crippen molar-refractivity contribution in [3.63, 3.8) is 0 Å². The number of anilines is 1. The molecule has 1 atom stereocenters. The highest BCUT2D eigenvalue weighted by atomic mass is 35.5. The van der Waals surface area contributed by atoms with Crippen molar-refractivity contribution in [2.75, 3.05) is 11.9 Å². The lowest BCUT2D eigenvalue weighted by molar-refractivity contribution is -0.119. The van der Waals surface area contributed by atoms with Gasteiger partial charge in [0, 0.05) is 12.5 Å². The van der Waals surface area contributed by atoms with E-state index in [-0.39, 0.29) is 11.8 Å². The molecule has 0 saturated carbocycles. The Bertz CT molecular complexity index is 366. The van der Waals surface area contributed by atoms with Crippen molar-refractivity contribution in [2.45, 2.75) is 13.8 Å². The van der Waals surface area contributed by atoms with E-state index in [2.05, 4.69) is 5.32 Å². The second-order valence-electron chi connectivity index (χ2n) is 3.61. The lowest BCUT2D eigenvalue weighted by atomic mass is 10.1. The number of hydrogen-bond acceptors (Lipinski definition) is 2. The van der Waals surface area contributed by atoms with Crippen molar-refractivity contribution < 1.29 is 4.79 Å². The highest BCUT2D eigenvalue weighted by molar-refractivity contribution is 6.33. The molecule has 1 rings (SSSR count). The Morgan fingerprint density at radius 2 is 2.27 bits per heavy atom. The van der Waals surface area contributed by atoms with Crippen LogP contribution in [0.3, 0.4) is 0 Å². The number of nitrogens with two attached hydrogens (primary N) is 1. The van der Waals surface area contributed by atoms with Crippen molar-refractivity contribution in [1.82, 2.24) is 0 Å². The molecule has 0 radical (unpaired) electrons. The summed E-state index contributed by atoms with van der Waals surface area (Å²) in [5, 5.41) is 3.29. The zero-order valence-electron chi connectivity index (χ0n) is 8.88. The van der Waals surface area contributed by atoms with Crippen LogP contribution in [0.1, 0.15) is 12.5 Å². The summed E-state index contributed by atoms with van der Waals surface area (Å²) in [6.07, 6.45) is 0. The van der Waals surface area contributed by atoms with E-state index in [9.17, 15) is 4.79 Å². The summed E-state index contributed by atoms with van der Waals surface area (Å²) < 4.78 is 0. The number of rotatable bonds is 3. The predicted octanol–water partition coefficient (Wildman–Crippen LogP) is 2.18. The summed E-state index contributed by atoms with van der Waals surface area (Å²) in [5.74, 6) is -0.314. The Morgan fingerprint density at radius 3 is 2.80 bits per heavy atom. The van der Waals surface area contributed by atoms with Gasteiger partial charge in [-0.25, -0.2) is 0 Å². The van der Waals surface area contributed by atoms with Crippen molar-refractivity contribution in [1.29, 1.82) is 0 Å². The molecule has 15 heavy (non-hydrogen) atoms. The molecule has 3 N–H and O–H groups in total. The molecule has 0 heterocycles. The molecule has 1 unspecified atom stereocenters. The molecule has 0 aliphatic carbocycles. The second kappa shape index (κ2) is 5.14. The van der Waals surface area contributed by atoms with E-state index in [1.165, 1.54) is 0 Å². The lowest BCUT2D eigenvalue weighted by Crippen LogP contribution is -2.26. The molecule has 82 valence electrons. The fraction of sp³-hybridized carbons (Fsp3) is 0.364. The standard InChI is InChI=1S/C11H15ClN2O/c1-7-3-4-10(9(12)5-7)14-11(15)8(2)6-13/h3-5,8H,6,13H2,1-2H3,(H,14,15). The number of carbonyl (C=O) groups is 1. The summed E-state index contributed by atoms with van der Waals surface area (Å²) in [4.78, 5) is 11.5. The van der Waals surface area contributed by atoms with E-state index in [0.717, 1.165) is 5.56 Å². The van der Waals surface area contributed by atoms with E-state index >= 15 is 0 Å². The average molecular weight is 227 g/mol. The average Bonchev–Trinajstić information content (AvgIpc) is 2.20. The van der Waals surface area contributed by atoms with Gasteiger partial charge in [-0.05, 0) is 24.6 Å². The van der Waals surface area contributed by atoms with Crippen molar-refractivity contribution >= 4 is 23.2 Å². The van der Waals surface area contributed by atoms with Gasteiger partial charge in [-0.2, -0.15) is 0 Å². The van der Waals surface area contributed by atoms with E-state index in [1.807, 2.05) is 19.1 Å².